The maximum Gasteiger partial charge on any atom is 0.337 e. The number of amides is 1. The molecule has 160 valence electrons. The molecule has 2 aromatic carbocycles. The number of nitrogens with zero attached hydrogens (tertiary/aromatic N) is 1. The molecule has 0 spiro atoms. The monoisotopic (exact) mass is 486 g/mol. The third-order valence-electron chi connectivity index (χ3n) is 4.29. The van der Waals surface area contributed by atoms with Crippen LogP contribution < -0.4 is 5.32 Å². The maximum atomic E-state index is 12.4. The zero-order valence-corrected chi connectivity index (χ0v) is 18.4. The van der Waals surface area contributed by atoms with Crippen LogP contribution in [0.15, 0.2) is 57.6 Å². The van der Waals surface area contributed by atoms with Gasteiger partial charge >= 0.3 is 11.9 Å². The number of nitrogens with one attached hydrogen (secondary N) is 1. The van der Waals surface area contributed by atoms with Crippen LogP contribution in [0.5, 0.6) is 0 Å². The summed E-state index contributed by atoms with van der Waals surface area (Å²) in [6.07, 6.45) is 1.98. The Labute approximate surface area is 186 Å². The highest BCUT2D eigenvalue weighted by atomic mass is 79.9. The molecule has 9 heteroatoms. The van der Waals surface area contributed by atoms with Crippen molar-refractivity contribution in [1.82, 2.24) is 4.98 Å². The Balaban J connectivity index is 1.67. The highest BCUT2D eigenvalue weighted by Gasteiger charge is 2.15. The minimum Gasteiger partial charge on any atom is -0.465 e. The lowest BCUT2D eigenvalue weighted by Crippen LogP contribution is -2.14. The van der Waals surface area contributed by atoms with E-state index in [1.165, 1.54) is 32.4 Å². The number of hydrogen-bond acceptors (Lipinski definition) is 7. The van der Waals surface area contributed by atoms with Crippen LogP contribution in [0, 0.1) is 0 Å². The normalized spacial score (nSPS) is 10.4. The van der Waals surface area contributed by atoms with E-state index in [4.69, 9.17) is 4.42 Å². The molecule has 0 saturated carbocycles. The molecule has 1 aromatic heterocycles. The van der Waals surface area contributed by atoms with E-state index in [1.54, 1.807) is 6.20 Å². The van der Waals surface area contributed by atoms with Crippen molar-refractivity contribution in [2.24, 2.45) is 0 Å². The lowest BCUT2D eigenvalue weighted by Gasteiger charge is -2.09. The van der Waals surface area contributed by atoms with Gasteiger partial charge in [0.15, 0.2) is 11.7 Å². The SMILES string of the molecule is COC(=O)c1cc(NC(=O)CCc2ncc(-c3cccc(Br)c3)o2)cc(C(=O)OC)c1. The third kappa shape index (κ3) is 5.79. The van der Waals surface area contributed by atoms with E-state index in [1.807, 2.05) is 24.3 Å². The maximum absolute atomic E-state index is 12.4. The number of esters is 2. The predicted molar refractivity (Wildman–Crippen MR) is 116 cm³/mol. The Morgan fingerprint density at radius 2 is 1.71 bits per heavy atom. The van der Waals surface area contributed by atoms with Crippen LogP contribution in [0.3, 0.4) is 0 Å². The number of rotatable bonds is 7. The number of halogens is 1. The van der Waals surface area contributed by atoms with Gasteiger partial charge in [0.1, 0.15) is 0 Å². The fraction of sp³-hybridized carbons (Fsp3) is 0.182. The quantitative estimate of drug-likeness (QED) is 0.497. The first-order valence-electron chi connectivity index (χ1n) is 9.22. The van der Waals surface area contributed by atoms with Gasteiger partial charge in [-0.05, 0) is 30.3 Å². The number of hydrogen-bond donors (Lipinski definition) is 1. The molecule has 0 bridgehead atoms. The van der Waals surface area contributed by atoms with Gasteiger partial charge in [-0.1, -0.05) is 28.1 Å². The number of carbonyl (C=O) groups excluding carboxylic acids is 3. The number of benzene rings is 2. The summed E-state index contributed by atoms with van der Waals surface area (Å²) in [5.74, 6) is -0.587. The van der Waals surface area contributed by atoms with Crippen LogP contribution in [0.1, 0.15) is 33.0 Å². The van der Waals surface area contributed by atoms with Crippen molar-refractivity contribution in [3.8, 4) is 11.3 Å². The van der Waals surface area contributed by atoms with E-state index in [0.717, 1.165) is 10.0 Å². The summed E-state index contributed by atoms with van der Waals surface area (Å²) in [4.78, 5) is 40.3. The van der Waals surface area contributed by atoms with Crippen molar-refractivity contribution in [3.05, 3.63) is 70.2 Å². The van der Waals surface area contributed by atoms with E-state index >= 15 is 0 Å². The van der Waals surface area contributed by atoms with Crippen molar-refractivity contribution >= 4 is 39.5 Å². The van der Waals surface area contributed by atoms with E-state index in [-0.39, 0.29) is 35.6 Å². The van der Waals surface area contributed by atoms with E-state index < -0.39 is 11.9 Å². The van der Waals surface area contributed by atoms with Crippen LogP contribution in [0.25, 0.3) is 11.3 Å². The fourth-order valence-corrected chi connectivity index (χ4v) is 3.22. The van der Waals surface area contributed by atoms with E-state index in [2.05, 4.69) is 35.7 Å². The number of anilines is 1. The smallest absolute Gasteiger partial charge is 0.337 e. The molecule has 3 rings (SSSR count). The van der Waals surface area contributed by atoms with Gasteiger partial charge in [0.05, 0.1) is 31.5 Å². The van der Waals surface area contributed by atoms with E-state index in [9.17, 15) is 14.4 Å². The molecule has 0 aliphatic rings. The second-order valence-corrected chi connectivity index (χ2v) is 7.37. The average Bonchev–Trinajstić information content (AvgIpc) is 3.25. The highest BCUT2D eigenvalue weighted by molar-refractivity contribution is 9.10. The Hall–Kier alpha value is -3.46. The Morgan fingerprint density at radius 3 is 2.32 bits per heavy atom. The minimum atomic E-state index is -0.638. The first-order valence-corrected chi connectivity index (χ1v) is 10.0. The second kappa shape index (κ2) is 10.0. The number of aromatic nitrogens is 1. The van der Waals surface area contributed by atoms with Gasteiger partial charge in [-0.15, -0.1) is 0 Å². The molecule has 0 saturated heterocycles. The van der Waals surface area contributed by atoms with Gasteiger partial charge in [-0.3, -0.25) is 4.79 Å². The Bertz CT molecular complexity index is 1090. The van der Waals surface area contributed by atoms with Gasteiger partial charge in [-0.25, -0.2) is 14.6 Å². The summed E-state index contributed by atoms with van der Waals surface area (Å²) in [6, 6.07) is 11.8. The van der Waals surface area contributed by atoms with Gasteiger partial charge in [-0.2, -0.15) is 0 Å². The zero-order valence-electron chi connectivity index (χ0n) is 16.8. The molecule has 1 amide bonds. The van der Waals surface area contributed by atoms with Crippen molar-refractivity contribution in [2.45, 2.75) is 12.8 Å². The number of oxazole rings is 1. The average molecular weight is 487 g/mol. The predicted octanol–water partition coefficient (Wildman–Crippen LogP) is 4.25. The van der Waals surface area contributed by atoms with Crippen LogP contribution >= 0.6 is 15.9 Å². The summed E-state index contributed by atoms with van der Waals surface area (Å²) in [6.45, 7) is 0. The fourth-order valence-electron chi connectivity index (χ4n) is 2.82. The molecule has 1 N–H and O–H groups in total. The van der Waals surface area contributed by atoms with Crippen molar-refractivity contribution in [3.63, 3.8) is 0 Å². The second-order valence-electron chi connectivity index (χ2n) is 6.46. The molecule has 0 atom stereocenters. The van der Waals surface area contributed by atoms with Gasteiger partial charge < -0.3 is 19.2 Å². The van der Waals surface area contributed by atoms with Gasteiger partial charge in [0.25, 0.3) is 0 Å². The highest BCUT2D eigenvalue weighted by Crippen LogP contribution is 2.24. The standard InChI is InChI=1S/C22H19BrN2O6/c1-29-21(27)14-8-15(22(28)30-2)11-17(10-14)25-19(26)6-7-20-24-12-18(31-20)13-4-3-5-16(23)9-13/h3-5,8-12H,6-7H2,1-2H3,(H,25,26). The minimum absolute atomic E-state index is 0.0917. The molecule has 0 fully saturated rings. The molecular weight excluding hydrogens is 468 g/mol. The largest absolute Gasteiger partial charge is 0.465 e. The van der Waals surface area contributed by atoms with Crippen molar-refractivity contribution in [1.29, 1.82) is 0 Å². The molecular formula is C22H19BrN2O6. The Morgan fingerprint density at radius 1 is 1.03 bits per heavy atom. The first-order chi connectivity index (χ1) is 14.9. The summed E-state index contributed by atoms with van der Waals surface area (Å²) >= 11 is 3.41. The lowest BCUT2D eigenvalue weighted by molar-refractivity contribution is -0.116. The first kappa shape index (κ1) is 22.2. The lowest BCUT2D eigenvalue weighted by atomic mass is 10.1. The van der Waals surface area contributed by atoms with Crippen LogP contribution in [0.4, 0.5) is 5.69 Å². The topological polar surface area (TPSA) is 108 Å². The summed E-state index contributed by atoms with van der Waals surface area (Å²) in [5, 5.41) is 2.67. The molecule has 0 unspecified atom stereocenters. The summed E-state index contributed by atoms with van der Waals surface area (Å²) in [7, 11) is 2.45. The molecule has 1 heterocycles. The number of methoxy groups -OCH3 is 2. The Kier molecular flexibility index (Phi) is 7.19. The number of ether oxygens (including phenoxy) is 2. The summed E-state index contributed by atoms with van der Waals surface area (Å²) < 4.78 is 16.0. The van der Waals surface area contributed by atoms with Crippen LogP contribution in [-0.4, -0.2) is 37.0 Å². The molecule has 0 radical (unpaired) electrons. The number of carbonyl (C=O) groups is 3. The molecule has 8 nitrogen and oxygen atoms in total. The zero-order chi connectivity index (χ0) is 22.4. The van der Waals surface area contributed by atoms with Crippen LogP contribution in [-0.2, 0) is 20.7 Å². The van der Waals surface area contributed by atoms with Crippen molar-refractivity contribution < 1.29 is 28.3 Å². The van der Waals surface area contributed by atoms with E-state index in [0.29, 0.717) is 11.7 Å². The summed E-state index contributed by atoms with van der Waals surface area (Å²) in [5.41, 5.74) is 1.38. The van der Waals surface area contributed by atoms with Gasteiger partial charge in [0, 0.05) is 28.6 Å². The molecule has 31 heavy (non-hydrogen) atoms. The molecule has 0 aliphatic carbocycles. The van der Waals surface area contributed by atoms with Gasteiger partial charge in [0.2, 0.25) is 5.91 Å². The number of aryl methyl sites for hydroxylation is 1. The van der Waals surface area contributed by atoms with Crippen LogP contribution in [0.2, 0.25) is 0 Å². The van der Waals surface area contributed by atoms with Crippen molar-refractivity contribution in [2.75, 3.05) is 19.5 Å². The third-order valence-corrected chi connectivity index (χ3v) is 4.78. The molecule has 0 aliphatic heterocycles. The molecule has 3 aromatic rings.